The van der Waals surface area contributed by atoms with Gasteiger partial charge in [-0.15, -0.1) is 0 Å². The first-order chi connectivity index (χ1) is 10.0. The van der Waals surface area contributed by atoms with E-state index >= 15 is 0 Å². The van der Waals surface area contributed by atoms with Gasteiger partial charge in [0.25, 0.3) is 0 Å². The molecule has 0 aliphatic carbocycles. The van der Waals surface area contributed by atoms with E-state index < -0.39 is 0 Å². The van der Waals surface area contributed by atoms with Crippen LogP contribution in [0.1, 0.15) is 16.7 Å². The molecule has 21 heavy (non-hydrogen) atoms. The first-order valence-corrected chi connectivity index (χ1v) is 9.26. The minimum Gasteiger partial charge on any atom is -0.207 e. The highest BCUT2D eigenvalue weighted by molar-refractivity contribution is 9.09. The van der Waals surface area contributed by atoms with E-state index in [0.29, 0.717) is 0 Å². The van der Waals surface area contributed by atoms with Crippen molar-refractivity contribution in [3.63, 3.8) is 0 Å². The summed E-state index contributed by atoms with van der Waals surface area (Å²) < 4.78 is 13.3. The van der Waals surface area contributed by atoms with Crippen LogP contribution in [0, 0.1) is 12.7 Å². The number of aryl methyl sites for hydroxylation is 1. The van der Waals surface area contributed by atoms with E-state index in [1.54, 1.807) is 6.07 Å². The third-order valence-corrected chi connectivity index (χ3v) is 6.16. The van der Waals surface area contributed by atoms with Crippen molar-refractivity contribution in [3.05, 3.63) is 70.0 Å². The largest absolute Gasteiger partial charge is 0.207 e. The fourth-order valence-corrected chi connectivity index (χ4v) is 4.59. The van der Waals surface area contributed by atoms with Crippen LogP contribution in [0.5, 0.6) is 0 Å². The second-order valence-electron chi connectivity index (χ2n) is 5.31. The van der Waals surface area contributed by atoms with Crippen LogP contribution in [-0.4, -0.2) is 10.7 Å². The van der Waals surface area contributed by atoms with Gasteiger partial charge in [0.05, 0.1) is 0 Å². The summed E-state index contributed by atoms with van der Waals surface area (Å²) in [6.07, 6.45) is 0.815. The maximum absolute atomic E-state index is 13.3. The van der Waals surface area contributed by atoms with E-state index in [2.05, 4.69) is 37.9 Å². The Labute approximate surface area is 147 Å². The van der Waals surface area contributed by atoms with Gasteiger partial charge in [0.15, 0.2) is 0 Å². The van der Waals surface area contributed by atoms with Gasteiger partial charge in [-0.05, 0) is 54.3 Å². The Bertz CT molecular complexity index is 624. The highest BCUT2D eigenvalue weighted by atomic mass is 79.9. The Hall–Kier alpha value is -0.380. The van der Waals surface area contributed by atoms with Crippen molar-refractivity contribution in [1.29, 1.82) is 0 Å². The Kier molecular flexibility index (Phi) is 5.87. The monoisotopic (exact) mass is 432 g/mol. The van der Waals surface area contributed by atoms with Crippen LogP contribution >= 0.6 is 43.5 Å². The van der Waals surface area contributed by atoms with Gasteiger partial charge < -0.3 is 0 Å². The van der Waals surface area contributed by atoms with E-state index in [1.807, 2.05) is 31.2 Å². The molecule has 0 N–H and O–H groups in total. The molecule has 0 amide bonds. The molecule has 0 saturated heterocycles. The molecule has 2 rings (SSSR count). The van der Waals surface area contributed by atoms with E-state index in [-0.39, 0.29) is 11.2 Å². The van der Waals surface area contributed by atoms with Gasteiger partial charge in [0, 0.05) is 21.1 Å². The molecule has 0 fully saturated rings. The minimum atomic E-state index is -0.192. The summed E-state index contributed by atoms with van der Waals surface area (Å²) in [5.41, 5.74) is 3.18. The average Bonchev–Trinajstić information content (AvgIpc) is 2.47. The summed E-state index contributed by atoms with van der Waals surface area (Å²) in [6, 6.07) is 12.9. The van der Waals surface area contributed by atoms with Crippen molar-refractivity contribution < 1.29 is 4.39 Å². The van der Waals surface area contributed by atoms with Crippen LogP contribution in [0.3, 0.4) is 0 Å². The third kappa shape index (κ3) is 3.88. The number of alkyl halides is 2. The fourth-order valence-electron chi connectivity index (χ4n) is 2.43. The molecule has 0 radical (unpaired) electrons. The molecule has 0 saturated carbocycles. The van der Waals surface area contributed by atoms with Crippen molar-refractivity contribution in [2.24, 2.45) is 0 Å². The van der Waals surface area contributed by atoms with Gasteiger partial charge >= 0.3 is 0 Å². The molecule has 112 valence electrons. The van der Waals surface area contributed by atoms with Gasteiger partial charge in [-0.25, -0.2) is 4.39 Å². The Balaban J connectivity index is 2.43. The molecule has 0 aliphatic rings. The lowest BCUT2D eigenvalue weighted by molar-refractivity contribution is 0.547. The zero-order valence-corrected chi connectivity index (χ0v) is 15.6. The first-order valence-electron chi connectivity index (χ1n) is 6.64. The number of benzene rings is 2. The number of hydrogen-bond acceptors (Lipinski definition) is 0. The lowest BCUT2D eigenvalue weighted by atomic mass is 9.78. The first kappa shape index (κ1) is 17.0. The van der Waals surface area contributed by atoms with Gasteiger partial charge in [-0.1, -0.05) is 61.7 Å². The van der Waals surface area contributed by atoms with Crippen LogP contribution in [-0.2, 0) is 11.8 Å². The van der Waals surface area contributed by atoms with Crippen molar-refractivity contribution >= 4 is 43.5 Å². The Morgan fingerprint density at radius 3 is 2.38 bits per heavy atom. The average molecular weight is 435 g/mol. The SMILES string of the molecule is Cc1cc(F)ccc1CC(CBr)(CBr)c1cccc(Cl)c1. The molecular weight excluding hydrogens is 418 g/mol. The van der Waals surface area contributed by atoms with Crippen LogP contribution < -0.4 is 0 Å². The molecule has 2 aromatic carbocycles. The van der Waals surface area contributed by atoms with Crippen LogP contribution in [0.15, 0.2) is 42.5 Å². The van der Waals surface area contributed by atoms with Gasteiger partial charge in [0.2, 0.25) is 0 Å². The molecule has 0 atom stereocenters. The molecule has 0 unspecified atom stereocenters. The van der Waals surface area contributed by atoms with Crippen molar-refractivity contribution in [2.75, 3.05) is 10.7 Å². The lowest BCUT2D eigenvalue weighted by Crippen LogP contribution is -2.33. The molecule has 0 aromatic heterocycles. The second-order valence-corrected chi connectivity index (χ2v) is 6.86. The highest BCUT2D eigenvalue weighted by Crippen LogP contribution is 2.35. The van der Waals surface area contributed by atoms with Crippen molar-refractivity contribution in [1.82, 2.24) is 0 Å². The molecule has 0 spiro atoms. The van der Waals surface area contributed by atoms with Crippen LogP contribution in [0.25, 0.3) is 0 Å². The van der Waals surface area contributed by atoms with Gasteiger partial charge in [-0.2, -0.15) is 0 Å². The zero-order chi connectivity index (χ0) is 15.5. The Morgan fingerprint density at radius 1 is 1.10 bits per heavy atom. The summed E-state index contributed by atoms with van der Waals surface area (Å²) in [4.78, 5) is 0. The molecule has 0 aliphatic heterocycles. The second kappa shape index (κ2) is 7.26. The quantitative estimate of drug-likeness (QED) is 0.502. The minimum absolute atomic E-state index is 0.118. The summed E-state index contributed by atoms with van der Waals surface area (Å²) in [5, 5.41) is 2.32. The molecule has 0 bridgehead atoms. The predicted octanol–water partition coefficient (Wildman–Crippen LogP) is 6.06. The van der Waals surface area contributed by atoms with E-state index in [4.69, 9.17) is 11.6 Å². The lowest BCUT2D eigenvalue weighted by Gasteiger charge is -2.31. The predicted molar refractivity (Wildman–Crippen MR) is 95.6 cm³/mol. The smallest absolute Gasteiger partial charge is 0.123 e. The van der Waals surface area contributed by atoms with Crippen molar-refractivity contribution in [2.45, 2.75) is 18.8 Å². The molecule has 4 heteroatoms. The van der Waals surface area contributed by atoms with Crippen LogP contribution in [0.4, 0.5) is 4.39 Å². The topological polar surface area (TPSA) is 0 Å². The zero-order valence-electron chi connectivity index (χ0n) is 11.7. The molecule has 0 nitrogen and oxygen atoms in total. The van der Waals surface area contributed by atoms with E-state index in [1.165, 1.54) is 11.6 Å². The summed E-state index contributed by atoms with van der Waals surface area (Å²) in [5.74, 6) is -0.192. The van der Waals surface area contributed by atoms with Gasteiger partial charge in [0.1, 0.15) is 5.82 Å². The number of hydrogen-bond donors (Lipinski definition) is 0. The fraction of sp³-hybridized carbons (Fsp3) is 0.294. The normalized spacial score (nSPS) is 11.7. The van der Waals surface area contributed by atoms with Gasteiger partial charge in [-0.3, -0.25) is 0 Å². The summed E-state index contributed by atoms with van der Waals surface area (Å²) in [6.45, 7) is 1.95. The molecular formula is C17H16Br2ClF. The third-order valence-electron chi connectivity index (χ3n) is 3.78. The van der Waals surface area contributed by atoms with E-state index in [9.17, 15) is 4.39 Å². The standard InChI is InChI=1S/C17H16Br2ClF/c1-12-7-16(21)6-5-13(12)9-17(10-18,11-19)14-3-2-4-15(20)8-14/h2-8H,9-11H2,1H3. The summed E-state index contributed by atoms with van der Waals surface area (Å²) >= 11 is 13.4. The van der Waals surface area contributed by atoms with E-state index in [0.717, 1.165) is 33.2 Å². The number of halogens is 4. The Morgan fingerprint density at radius 2 is 1.81 bits per heavy atom. The molecule has 0 heterocycles. The number of rotatable bonds is 5. The maximum atomic E-state index is 13.3. The van der Waals surface area contributed by atoms with Crippen LogP contribution in [0.2, 0.25) is 5.02 Å². The molecule has 2 aromatic rings. The van der Waals surface area contributed by atoms with Crippen molar-refractivity contribution in [3.8, 4) is 0 Å². The summed E-state index contributed by atoms with van der Waals surface area (Å²) in [7, 11) is 0. The maximum Gasteiger partial charge on any atom is 0.123 e. The highest BCUT2D eigenvalue weighted by Gasteiger charge is 2.31.